The predicted octanol–water partition coefficient (Wildman–Crippen LogP) is 4.00. The second-order valence-corrected chi connectivity index (χ2v) is 5.50. The zero-order chi connectivity index (χ0) is 15.5. The monoisotopic (exact) mass is 337 g/mol. The van der Waals surface area contributed by atoms with E-state index < -0.39 is 23.2 Å². The lowest BCUT2D eigenvalue weighted by Gasteiger charge is -2.34. The molecule has 22 heavy (non-hydrogen) atoms. The van der Waals surface area contributed by atoms with Crippen molar-refractivity contribution >= 4 is 18.4 Å². The number of carboxylic acids is 1. The topological polar surface area (TPSA) is 49.3 Å². The lowest BCUT2D eigenvalue weighted by atomic mass is 9.81. The minimum atomic E-state index is -4.38. The number of halogens is 4. The molecule has 1 aromatic rings. The summed E-state index contributed by atoms with van der Waals surface area (Å²) in [6, 6.07) is 4.98. The number of aliphatic carboxylic acids is 1. The van der Waals surface area contributed by atoms with Crippen LogP contribution in [0.15, 0.2) is 24.3 Å². The van der Waals surface area contributed by atoms with E-state index in [-0.39, 0.29) is 19.0 Å². The predicted molar refractivity (Wildman–Crippen MR) is 79.0 cm³/mol. The van der Waals surface area contributed by atoms with E-state index in [4.69, 9.17) is 0 Å². The van der Waals surface area contributed by atoms with Gasteiger partial charge in [0.15, 0.2) is 0 Å². The molecular weight excluding hydrogens is 319 g/mol. The summed E-state index contributed by atoms with van der Waals surface area (Å²) in [5.41, 5.74) is -1.28. The molecule has 0 aromatic heterocycles. The van der Waals surface area contributed by atoms with Gasteiger partial charge in [-0.1, -0.05) is 37.5 Å². The molecule has 0 amide bonds. The number of hydrogen-bond acceptors (Lipinski definition) is 2. The van der Waals surface area contributed by atoms with Crippen LogP contribution in [0, 0.1) is 0 Å². The lowest BCUT2D eigenvalue weighted by Crippen LogP contribution is -2.52. The van der Waals surface area contributed by atoms with Crippen LogP contribution in [0.4, 0.5) is 13.2 Å². The molecule has 0 spiro atoms. The van der Waals surface area contributed by atoms with E-state index in [1.807, 2.05) is 0 Å². The second-order valence-electron chi connectivity index (χ2n) is 5.50. The third-order valence-corrected chi connectivity index (χ3v) is 4.00. The number of carboxylic acid groups (broad SMARTS) is 1. The molecule has 0 saturated heterocycles. The van der Waals surface area contributed by atoms with E-state index in [0.29, 0.717) is 18.4 Å². The maximum atomic E-state index is 12.7. The molecular formula is C15H19ClF3NO2. The molecule has 7 heteroatoms. The Kier molecular flexibility index (Phi) is 6.26. The number of carbonyl (C=O) groups is 1. The Hall–Kier alpha value is -1.27. The van der Waals surface area contributed by atoms with E-state index >= 15 is 0 Å². The SMILES string of the molecule is Cl.O=C(O)C1(NCc2cccc(C(F)(F)F)c2)CCCCC1. The van der Waals surface area contributed by atoms with Gasteiger partial charge in [-0.2, -0.15) is 13.2 Å². The largest absolute Gasteiger partial charge is 0.480 e. The van der Waals surface area contributed by atoms with Crippen LogP contribution < -0.4 is 5.32 Å². The molecule has 0 aliphatic heterocycles. The minimum Gasteiger partial charge on any atom is -0.480 e. The van der Waals surface area contributed by atoms with E-state index in [1.165, 1.54) is 6.07 Å². The Morgan fingerprint density at radius 1 is 1.23 bits per heavy atom. The number of alkyl halides is 3. The molecule has 1 aliphatic rings. The van der Waals surface area contributed by atoms with Crippen molar-refractivity contribution in [3.8, 4) is 0 Å². The molecule has 0 heterocycles. The van der Waals surface area contributed by atoms with Crippen LogP contribution in [0.5, 0.6) is 0 Å². The van der Waals surface area contributed by atoms with Crippen LogP contribution in [0.25, 0.3) is 0 Å². The molecule has 0 bridgehead atoms. The molecule has 124 valence electrons. The fourth-order valence-corrected chi connectivity index (χ4v) is 2.75. The summed E-state index contributed by atoms with van der Waals surface area (Å²) < 4.78 is 38.0. The third kappa shape index (κ3) is 4.36. The molecule has 1 aromatic carbocycles. The van der Waals surface area contributed by atoms with Gasteiger partial charge in [0.2, 0.25) is 0 Å². The maximum absolute atomic E-state index is 12.7. The molecule has 0 atom stereocenters. The molecule has 1 aliphatic carbocycles. The second kappa shape index (κ2) is 7.33. The Balaban J connectivity index is 0.00000242. The van der Waals surface area contributed by atoms with E-state index in [2.05, 4.69) is 5.32 Å². The van der Waals surface area contributed by atoms with Crippen molar-refractivity contribution in [1.29, 1.82) is 0 Å². The number of hydrogen-bond donors (Lipinski definition) is 2. The van der Waals surface area contributed by atoms with E-state index in [9.17, 15) is 23.1 Å². The summed E-state index contributed by atoms with van der Waals surface area (Å²) in [4.78, 5) is 11.5. The van der Waals surface area contributed by atoms with Crippen molar-refractivity contribution in [1.82, 2.24) is 5.32 Å². The Labute approximate surface area is 133 Å². The third-order valence-electron chi connectivity index (χ3n) is 4.00. The summed E-state index contributed by atoms with van der Waals surface area (Å²) in [7, 11) is 0. The molecule has 1 fully saturated rings. The molecule has 2 rings (SSSR count). The van der Waals surface area contributed by atoms with Gasteiger partial charge >= 0.3 is 12.1 Å². The van der Waals surface area contributed by atoms with Gasteiger partial charge in [0.25, 0.3) is 0 Å². The highest BCUT2D eigenvalue weighted by Gasteiger charge is 2.39. The first kappa shape index (κ1) is 18.8. The fraction of sp³-hybridized carbons (Fsp3) is 0.533. The van der Waals surface area contributed by atoms with Gasteiger partial charge < -0.3 is 5.11 Å². The van der Waals surface area contributed by atoms with Gasteiger partial charge in [0.05, 0.1) is 5.56 Å². The molecule has 0 radical (unpaired) electrons. The Morgan fingerprint density at radius 3 is 2.41 bits per heavy atom. The lowest BCUT2D eigenvalue weighted by molar-refractivity contribution is -0.146. The van der Waals surface area contributed by atoms with Gasteiger partial charge in [-0.3, -0.25) is 10.1 Å². The molecule has 1 saturated carbocycles. The number of benzene rings is 1. The van der Waals surface area contributed by atoms with Crippen LogP contribution in [-0.4, -0.2) is 16.6 Å². The van der Waals surface area contributed by atoms with Crippen molar-refractivity contribution in [2.45, 2.75) is 50.4 Å². The average molecular weight is 338 g/mol. The van der Waals surface area contributed by atoms with Crippen LogP contribution >= 0.6 is 12.4 Å². The smallest absolute Gasteiger partial charge is 0.416 e. The summed E-state index contributed by atoms with van der Waals surface area (Å²) in [5, 5.41) is 12.4. The van der Waals surface area contributed by atoms with Crippen molar-refractivity contribution in [3.05, 3.63) is 35.4 Å². The Bertz CT molecular complexity index is 514. The van der Waals surface area contributed by atoms with Crippen molar-refractivity contribution in [2.75, 3.05) is 0 Å². The summed E-state index contributed by atoms with van der Waals surface area (Å²) in [6.07, 6.45) is -0.710. The van der Waals surface area contributed by atoms with Crippen LogP contribution in [0.2, 0.25) is 0 Å². The summed E-state index contributed by atoms with van der Waals surface area (Å²) in [6.45, 7) is 0.121. The average Bonchev–Trinajstić information content (AvgIpc) is 2.45. The fourth-order valence-electron chi connectivity index (χ4n) is 2.75. The zero-order valence-electron chi connectivity index (χ0n) is 11.9. The van der Waals surface area contributed by atoms with E-state index in [1.54, 1.807) is 6.07 Å². The Morgan fingerprint density at radius 2 is 1.86 bits per heavy atom. The highest BCUT2D eigenvalue weighted by molar-refractivity contribution is 5.85. The van der Waals surface area contributed by atoms with Gasteiger partial charge in [0.1, 0.15) is 5.54 Å². The van der Waals surface area contributed by atoms with Gasteiger partial charge in [-0.25, -0.2) is 0 Å². The first-order valence-electron chi connectivity index (χ1n) is 6.98. The minimum absolute atomic E-state index is 0. The van der Waals surface area contributed by atoms with Crippen molar-refractivity contribution in [2.24, 2.45) is 0 Å². The van der Waals surface area contributed by atoms with Gasteiger partial charge in [0, 0.05) is 6.54 Å². The van der Waals surface area contributed by atoms with Crippen LogP contribution in [0.1, 0.15) is 43.2 Å². The van der Waals surface area contributed by atoms with Crippen LogP contribution in [0.3, 0.4) is 0 Å². The normalized spacial score (nSPS) is 17.6. The van der Waals surface area contributed by atoms with Gasteiger partial charge in [-0.15, -0.1) is 12.4 Å². The summed E-state index contributed by atoms with van der Waals surface area (Å²) >= 11 is 0. The first-order chi connectivity index (χ1) is 9.83. The zero-order valence-corrected chi connectivity index (χ0v) is 12.8. The maximum Gasteiger partial charge on any atom is 0.416 e. The summed E-state index contributed by atoms with van der Waals surface area (Å²) in [5.74, 6) is -0.922. The highest BCUT2D eigenvalue weighted by Crippen LogP contribution is 2.31. The van der Waals surface area contributed by atoms with Gasteiger partial charge in [-0.05, 0) is 24.5 Å². The first-order valence-corrected chi connectivity index (χ1v) is 6.98. The quantitative estimate of drug-likeness (QED) is 0.873. The van der Waals surface area contributed by atoms with Crippen molar-refractivity contribution in [3.63, 3.8) is 0 Å². The molecule has 2 N–H and O–H groups in total. The molecule has 0 unspecified atom stereocenters. The number of nitrogens with one attached hydrogen (secondary N) is 1. The van der Waals surface area contributed by atoms with Crippen molar-refractivity contribution < 1.29 is 23.1 Å². The highest BCUT2D eigenvalue weighted by atomic mass is 35.5. The van der Waals surface area contributed by atoms with Crippen LogP contribution in [-0.2, 0) is 17.5 Å². The standard InChI is InChI=1S/C15H18F3NO2.ClH/c16-15(17,18)12-6-4-5-11(9-12)10-19-14(13(20)21)7-2-1-3-8-14;/h4-6,9,19H,1-3,7-8,10H2,(H,20,21);1H. The number of rotatable bonds is 4. The van der Waals surface area contributed by atoms with E-state index in [0.717, 1.165) is 31.4 Å². The molecule has 3 nitrogen and oxygen atoms in total.